The predicted molar refractivity (Wildman–Crippen MR) is 67.9 cm³/mol. The Morgan fingerprint density at radius 1 is 1.18 bits per heavy atom. The molecule has 17 heavy (non-hydrogen) atoms. The number of halogens is 1. The minimum absolute atomic E-state index is 0.306. The first-order valence-electron chi connectivity index (χ1n) is 4.84. The summed E-state index contributed by atoms with van der Waals surface area (Å²) in [6.07, 6.45) is 0. The molecule has 0 saturated heterocycles. The van der Waals surface area contributed by atoms with Crippen LogP contribution >= 0.6 is 11.6 Å². The van der Waals surface area contributed by atoms with Crippen molar-refractivity contribution >= 4 is 23.2 Å². The molecular weight excluding hydrogens is 240 g/mol. The van der Waals surface area contributed by atoms with E-state index in [1.807, 2.05) is 6.07 Å². The lowest BCUT2D eigenvalue weighted by Gasteiger charge is -2.08. The first-order valence-corrected chi connectivity index (χ1v) is 5.22. The number of anilines is 2. The van der Waals surface area contributed by atoms with Crippen LogP contribution in [0.1, 0.15) is 0 Å². The number of benzene rings is 1. The molecule has 0 radical (unpaired) electrons. The molecule has 6 heteroatoms. The average molecular weight is 251 g/mol. The van der Waals surface area contributed by atoms with Crippen LogP contribution in [-0.2, 0) is 0 Å². The van der Waals surface area contributed by atoms with E-state index in [4.69, 9.17) is 27.8 Å². The quantitative estimate of drug-likeness (QED) is 0.851. The molecule has 0 saturated carbocycles. The summed E-state index contributed by atoms with van der Waals surface area (Å²) in [5.41, 5.74) is 12.8. The smallest absolute Gasteiger partial charge is 0.154 e. The van der Waals surface area contributed by atoms with E-state index in [2.05, 4.69) is 10.2 Å². The molecule has 1 heterocycles. The third-order valence-corrected chi connectivity index (χ3v) is 2.60. The van der Waals surface area contributed by atoms with Crippen LogP contribution in [0, 0.1) is 0 Å². The van der Waals surface area contributed by atoms with Gasteiger partial charge >= 0.3 is 0 Å². The lowest BCUT2D eigenvalue weighted by molar-refractivity contribution is 0.415. The molecule has 4 N–H and O–H groups in total. The highest BCUT2D eigenvalue weighted by Crippen LogP contribution is 2.32. The molecule has 0 unspecified atom stereocenters. The fourth-order valence-electron chi connectivity index (χ4n) is 1.48. The summed E-state index contributed by atoms with van der Waals surface area (Å²) in [6.45, 7) is 0. The van der Waals surface area contributed by atoms with Crippen molar-refractivity contribution in [2.45, 2.75) is 0 Å². The van der Waals surface area contributed by atoms with Crippen molar-refractivity contribution in [1.82, 2.24) is 10.2 Å². The number of hydrogen-bond donors (Lipinski definition) is 2. The zero-order chi connectivity index (χ0) is 12.4. The number of hydrogen-bond acceptors (Lipinski definition) is 5. The lowest BCUT2D eigenvalue weighted by Crippen LogP contribution is -2.00. The van der Waals surface area contributed by atoms with Gasteiger partial charge in [0.25, 0.3) is 0 Å². The van der Waals surface area contributed by atoms with Crippen molar-refractivity contribution in [3.63, 3.8) is 0 Å². The Labute approximate surface area is 103 Å². The van der Waals surface area contributed by atoms with E-state index in [1.165, 1.54) is 0 Å². The third kappa shape index (κ3) is 2.24. The van der Waals surface area contributed by atoms with Gasteiger partial charge in [0.05, 0.1) is 12.1 Å². The van der Waals surface area contributed by atoms with Crippen LogP contribution in [0.15, 0.2) is 24.3 Å². The molecule has 2 rings (SSSR count). The van der Waals surface area contributed by atoms with Gasteiger partial charge in [-0.1, -0.05) is 17.7 Å². The van der Waals surface area contributed by atoms with E-state index >= 15 is 0 Å². The maximum Gasteiger partial charge on any atom is 0.154 e. The van der Waals surface area contributed by atoms with Gasteiger partial charge in [0.2, 0.25) is 0 Å². The summed E-state index contributed by atoms with van der Waals surface area (Å²) in [5.74, 6) is 1.21. The highest BCUT2D eigenvalue weighted by atomic mass is 35.5. The van der Waals surface area contributed by atoms with Gasteiger partial charge in [-0.3, -0.25) is 0 Å². The SMILES string of the molecule is COc1ccc(-c2cc(N)nnc2N)cc1Cl. The summed E-state index contributed by atoms with van der Waals surface area (Å²) in [6, 6.07) is 6.99. The molecule has 1 aromatic carbocycles. The molecular formula is C11H11ClN4O. The standard InChI is InChI=1S/C11H11ClN4O/c1-17-9-3-2-6(4-8(9)12)7-5-10(13)15-16-11(7)14/h2-5H,1H3,(H2,13,15)(H2,14,16). The van der Waals surface area contributed by atoms with E-state index < -0.39 is 0 Å². The molecule has 2 aromatic rings. The Balaban J connectivity index is 2.53. The number of nitrogen functional groups attached to an aromatic ring is 2. The van der Waals surface area contributed by atoms with Crippen LogP contribution in [0.2, 0.25) is 5.02 Å². The van der Waals surface area contributed by atoms with Crippen LogP contribution in [0.25, 0.3) is 11.1 Å². The summed E-state index contributed by atoms with van der Waals surface area (Å²) in [4.78, 5) is 0. The van der Waals surface area contributed by atoms with E-state index in [9.17, 15) is 0 Å². The average Bonchev–Trinajstić information content (AvgIpc) is 2.32. The molecule has 0 atom stereocenters. The van der Waals surface area contributed by atoms with Crippen molar-refractivity contribution in [3.8, 4) is 16.9 Å². The van der Waals surface area contributed by atoms with Crippen LogP contribution in [0.3, 0.4) is 0 Å². The van der Waals surface area contributed by atoms with Gasteiger partial charge in [-0.15, -0.1) is 10.2 Å². The number of aromatic nitrogens is 2. The molecule has 0 aliphatic heterocycles. The fourth-order valence-corrected chi connectivity index (χ4v) is 1.74. The second-order valence-corrected chi connectivity index (χ2v) is 3.82. The molecule has 1 aromatic heterocycles. The largest absolute Gasteiger partial charge is 0.495 e. The van der Waals surface area contributed by atoms with Gasteiger partial charge in [-0.25, -0.2) is 0 Å². The summed E-state index contributed by atoms with van der Waals surface area (Å²) < 4.78 is 5.07. The monoisotopic (exact) mass is 250 g/mol. The van der Waals surface area contributed by atoms with Gasteiger partial charge < -0.3 is 16.2 Å². The van der Waals surface area contributed by atoms with Gasteiger partial charge in [-0.2, -0.15) is 0 Å². The Kier molecular flexibility index (Phi) is 3.01. The van der Waals surface area contributed by atoms with E-state index in [0.29, 0.717) is 28.0 Å². The topological polar surface area (TPSA) is 87.0 Å². The fraction of sp³-hybridized carbons (Fsp3) is 0.0909. The minimum atomic E-state index is 0.306. The first-order chi connectivity index (χ1) is 8.11. The minimum Gasteiger partial charge on any atom is -0.495 e. The second-order valence-electron chi connectivity index (χ2n) is 3.42. The molecule has 5 nitrogen and oxygen atoms in total. The Morgan fingerprint density at radius 2 is 1.94 bits per heavy atom. The molecule has 88 valence electrons. The van der Waals surface area contributed by atoms with Crippen LogP contribution in [0.5, 0.6) is 5.75 Å². The first kappa shape index (κ1) is 11.5. The number of rotatable bonds is 2. The highest BCUT2D eigenvalue weighted by molar-refractivity contribution is 6.32. The van der Waals surface area contributed by atoms with Crippen LogP contribution < -0.4 is 16.2 Å². The van der Waals surface area contributed by atoms with Crippen LogP contribution in [-0.4, -0.2) is 17.3 Å². The van der Waals surface area contributed by atoms with Gasteiger partial charge in [-0.05, 0) is 23.8 Å². The highest BCUT2D eigenvalue weighted by Gasteiger charge is 2.08. The van der Waals surface area contributed by atoms with Crippen molar-refractivity contribution in [2.24, 2.45) is 0 Å². The Bertz CT molecular complexity index is 559. The normalized spacial score (nSPS) is 10.2. The number of nitrogens with zero attached hydrogens (tertiary/aromatic N) is 2. The van der Waals surface area contributed by atoms with Gasteiger partial charge in [0.1, 0.15) is 11.6 Å². The zero-order valence-corrected chi connectivity index (χ0v) is 9.90. The Hall–Kier alpha value is -2.01. The van der Waals surface area contributed by atoms with Crippen molar-refractivity contribution in [2.75, 3.05) is 18.6 Å². The number of methoxy groups -OCH3 is 1. The molecule has 0 aliphatic carbocycles. The molecule has 0 bridgehead atoms. The summed E-state index contributed by atoms with van der Waals surface area (Å²) in [7, 11) is 1.56. The van der Waals surface area contributed by atoms with E-state index in [1.54, 1.807) is 25.3 Å². The third-order valence-electron chi connectivity index (χ3n) is 2.30. The van der Waals surface area contributed by atoms with E-state index in [0.717, 1.165) is 5.56 Å². The van der Waals surface area contributed by atoms with Crippen LogP contribution in [0.4, 0.5) is 11.6 Å². The lowest BCUT2D eigenvalue weighted by atomic mass is 10.1. The molecule has 0 fully saturated rings. The number of nitrogens with two attached hydrogens (primary N) is 2. The summed E-state index contributed by atoms with van der Waals surface area (Å²) >= 11 is 6.04. The van der Waals surface area contributed by atoms with Crippen molar-refractivity contribution in [3.05, 3.63) is 29.3 Å². The van der Waals surface area contributed by atoms with Crippen molar-refractivity contribution < 1.29 is 4.74 Å². The molecule has 0 aliphatic rings. The molecule has 0 amide bonds. The second kappa shape index (κ2) is 4.47. The number of ether oxygens (including phenoxy) is 1. The van der Waals surface area contributed by atoms with E-state index in [-0.39, 0.29) is 0 Å². The summed E-state index contributed by atoms with van der Waals surface area (Å²) in [5, 5.41) is 7.92. The van der Waals surface area contributed by atoms with Gasteiger partial charge in [0.15, 0.2) is 5.82 Å². The maximum absolute atomic E-state index is 6.04. The van der Waals surface area contributed by atoms with Gasteiger partial charge in [0, 0.05) is 5.56 Å². The maximum atomic E-state index is 6.04. The zero-order valence-electron chi connectivity index (χ0n) is 9.14. The molecule has 0 spiro atoms. The van der Waals surface area contributed by atoms with Crippen molar-refractivity contribution in [1.29, 1.82) is 0 Å². The Morgan fingerprint density at radius 3 is 2.59 bits per heavy atom. The predicted octanol–water partition coefficient (Wildman–Crippen LogP) is 1.97.